The van der Waals surface area contributed by atoms with E-state index in [1.165, 1.54) is 5.56 Å². The van der Waals surface area contributed by atoms with E-state index < -0.39 is 0 Å². The second-order valence-corrected chi connectivity index (χ2v) is 6.35. The van der Waals surface area contributed by atoms with Crippen molar-refractivity contribution in [2.75, 3.05) is 26.4 Å². The predicted octanol–water partition coefficient (Wildman–Crippen LogP) is 2.20. The van der Waals surface area contributed by atoms with Crippen molar-refractivity contribution < 1.29 is 14.6 Å². The van der Waals surface area contributed by atoms with Gasteiger partial charge in [0.15, 0.2) is 0 Å². The monoisotopic (exact) mass is 320 g/mol. The molecule has 1 aromatic carbocycles. The average Bonchev–Trinajstić information content (AvgIpc) is 2.60. The quantitative estimate of drug-likeness (QED) is 0.721. The summed E-state index contributed by atoms with van der Waals surface area (Å²) < 4.78 is 5.51. The third-order valence-electron chi connectivity index (χ3n) is 4.60. The second-order valence-electron chi connectivity index (χ2n) is 6.35. The summed E-state index contributed by atoms with van der Waals surface area (Å²) in [6.07, 6.45) is 3.31. The minimum Gasteiger partial charge on any atom is -0.396 e. The van der Waals surface area contributed by atoms with Gasteiger partial charge in [0.05, 0.1) is 0 Å². The van der Waals surface area contributed by atoms with E-state index in [2.05, 4.69) is 22.8 Å². The van der Waals surface area contributed by atoms with Crippen molar-refractivity contribution >= 4 is 6.03 Å². The molecule has 0 saturated carbocycles. The number of benzene rings is 1. The summed E-state index contributed by atoms with van der Waals surface area (Å²) in [6.45, 7) is 4.18. The zero-order valence-electron chi connectivity index (χ0n) is 13.9. The Kier molecular flexibility index (Phi) is 6.86. The van der Waals surface area contributed by atoms with E-state index in [4.69, 9.17) is 9.84 Å². The number of rotatable bonds is 7. The Morgan fingerprint density at radius 2 is 2.00 bits per heavy atom. The first-order valence-electron chi connectivity index (χ1n) is 8.45. The second kappa shape index (κ2) is 8.89. The lowest BCUT2D eigenvalue weighted by Crippen LogP contribution is -2.49. The highest BCUT2D eigenvalue weighted by molar-refractivity contribution is 5.74. The molecule has 0 bridgehead atoms. The number of carbonyl (C=O) groups excluding carboxylic acids is 1. The molecule has 5 nitrogen and oxygen atoms in total. The Morgan fingerprint density at radius 3 is 2.65 bits per heavy atom. The van der Waals surface area contributed by atoms with Gasteiger partial charge >= 0.3 is 6.03 Å². The van der Waals surface area contributed by atoms with Crippen LogP contribution in [0.25, 0.3) is 0 Å². The van der Waals surface area contributed by atoms with Crippen LogP contribution in [0.2, 0.25) is 0 Å². The molecule has 1 atom stereocenters. The lowest BCUT2D eigenvalue weighted by Gasteiger charge is -2.38. The molecule has 1 saturated heterocycles. The van der Waals surface area contributed by atoms with Gasteiger partial charge in [0, 0.05) is 37.8 Å². The van der Waals surface area contributed by atoms with E-state index >= 15 is 0 Å². The summed E-state index contributed by atoms with van der Waals surface area (Å²) in [5.41, 5.74) is 1.21. The molecular weight excluding hydrogens is 292 g/mol. The van der Waals surface area contributed by atoms with Gasteiger partial charge in [-0.05, 0) is 38.2 Å². The Morgan fingerprint density at radius 1 is 1.30 bits per heavy atom. The molecule has 0 radical (unpaired) electrons. The minimum absolute atomic E-state index is 0.0504. The number of carbonyl (C=O) groups is 1. The maximum Gasteiger partial charge on any atom is 0.315 e. The van der Waals surface area contributed by atoms with Crippen LogP contribution < -0.4 is 10.6 Å². The molecule has 2 amide bonds. The number of ether oxygens (including phenoxy) is 1. The van der Waals surface area contributed by atoms with E-state index in [0.717, 1.165) is 32.5 Å². The number of amides is 2. The van der Waals surface area contributed by atoms with Gasteiger partial charge in [0.2, 0.25) is 0 Å². The molecule has 0 aliphatic carbocycles. The van der Waals surface area contributed by atoms with E-state index in [1.54, 1.807) is 0 Å². The molecular formula is C18H28N2O3. The lowest BCUT2D eigenvalue weighted by molar-refractivity contribution is 0.0506. The van der Waals surface area contributed by atoms with Crippen LogP contribution in [0.4, 0.5) is 4.79 Å². The fourth-order valence-corrected chi connectivity index (χ4v) is 3.12. The van der Waals surface area contributed by atoms with Gasteiger partial charge in [-0.3, -0.25) is 0 Å². The number of hydrogen-bond donors (Lipinski definition) is 3. The molecule has 1 aliphatic rings. The van der Waals surface area contributed by atoms with Crippen LogP contribution in [0.3, 0.4) is 0 Å². The van der Waals surface area contributed by atoms with Crippen molar-refractivity contribution in [2.45, 2.75) is 44.1 Å². The summed E-state index contributed by atoms with van der Waals surface area (Å²) >= 11 is 0. The molecule has 23 heavy (non-hydrogen) atoms. The number of aliphatic hydroxyl groups excluding tert-OH is 1. The molecule has 2 rings (SSSR count). The largest absolute Gasteiger partial charge is 0.396 e. The molecule has 1 aromatic rings. The van der Waals surface area contributed by atoms with Crippen molar-refractivity contribution in [3.05, 3.63) is 35.9 Å². The fourth-order valence-electron chi connectivity index (χ4n) is 3.12. The molecule has 0 aromatic heterocycles. The van der Waals surface area contributed by atoms with Gasteiger partial charge < -0.3 is 20.5 Å². The zero-order chi connectivity index (χ0) is 16.5. The first-order valence-corrected chi connectivity index (χ1v) is 8.45. The molecule has 128 valence electrons. The molecule has 1 unspecified atom stereocenters. The Balaban J connectivity index is 1.93. The summed E-state index contributed by atoms with van der Waals surface area (Å²) in [5.74, 6) is 0. The molecule has 1 aliphatic heterocycles. The first kappa shape index (κ1) is 17.8. The highest BCUT2D eigenvalue weighted by atomic mass is 16.5. The van der Waals surface area contributed by atoms with Crippen LogP contribution in [0.15, 0.2) is 30.3 Å². The van der Waals surface area contributed by atoms with Crippen molar-refractivity contribution in [3.63, 3.8) is 0 Å². The minimum atomic E-state index is -0.141. The molecule has 3 N–H and O–H groups in total. The highest BCUT2D eigenvalue weighted by Crippen LogP contribution is 2.34. The van der Waals surface area contributed by atoms with Crippen molar-refractivity contribution in [2.24, 2.45) is 0 Å². The van der Waals surface area contributed by atoms with Crippen LogP contribution in [0, 0.1) is 0 Å². The Bertz CT molecular complexity index is 472. The Hall–Kier alpha value is -1.59. The van der Waals surface area contributed by atoms with Crippen LogP contribution in [-0.2, 0) is 10.2 Å². The van der Waals surface area contributed by atoms with Gasteiger partial charge in [-0.15, -0.1) is 0 Å². The highest BCUT2D eigenvalue weighted by Gasteiger charge is 2.34. The van der Waals surface area contributed by atoms with Crippen LogP contribution in [0.5, 0.6) is 0 Å². The van der Waals surface area contributed by atoms with Gasteiger partial charge in [0.1, 0.15) is 0 Å². The number of aliphatic hydroxyl groups is 1. The third kappa shape index (κ3) is 5.22. The van der Waals surface area contributed by atoms with Crippen molar-refractivity contribution in [3.8, 4) is 0 Å². The lowest BCUT2D eigenvalue weighted by atomic mass is 9.74. The van der Waals surface area contributed by atoms with Crippen LogP contribution in [-0.4, -0.2) is 43.5 Å². The number of urea groups is 1. The van der Waals surface area contributed by atoms with Crippen LogP contribution >= 0.6 is 0 Å². The average molecular weight is 320 g/mol. The SMILES string of the molecule is CC(CCCO)NC(=O)NCC1(c2ccccc2)CCOCC1. The van der Waals surface area contributed by atoms with E-state index in [9.17, 15) is 4.79 Å². The standard InChI is InChI=1S/C18H28N2O3/c1-15(6-5-11-21)20-17(22)19-14-18(9-12-23-13-10-18)16-7-3-2-4-8-16/h2-4,7-8,15,21H,5-6,9-14H2,1H3,(H2,19,20,22). The van der Waals surface area contributed by atoms with E-state index in [0.29, 0.717) is 13.0 Å². The van der Waals surface area contributed by atoms with Crippen LogP contribution in [0.1, 0.15) is 38.2 Å². The van der Waals surface area contributed by atoms with E-state index in [1.807, 2.05) is 25.1 Å². The van der Waals surface area contributed by atoms with Gasteiger partial charge in [-0.1, -0.05) is 30.3 Å². The van der Waals surface area contributed by atoms with Crippen molar-refractivity contribution in [1.82, 2.24) is 10.6 Å². The first-order chi connectivity index (χ1) is 11.2. The molecule has 5 heteroatoms. The third-order valence-corrected chi connectivity index (χ3v) is 4.60. The topological polar surface area (TPSA) is 70.6 Å². The van der Waals surface area contributed by atoms with Gasteiger partial charge in [-0.25, -0.2) is 4.79 Å². The van der Waals surface area contributed by atoms with Gasteiger partial charge in [-0.2, -0.15) is 0 Å². The summed E-state index contributed by atoms with van der Waals surface area (Å²) in [7, 11) is 0. The summed E-state index contributed by atoms with van der Waals surface area (Å²) in [4.78, 5) is 12.1. The van der Waals surface area contributed by atoms with E-state index in [-0.39, 0.29) is 24.1 Å². The van der Waals surface area contributed by atoms with Crippen molar-refractivity contribution in [1.29, 1.82) is 0 Å². The smallest absolute Gasteiger partial charge is 0.315 e. The Labute approximate surface area is 138 Å². The van der Waals surface area contributed by atoms with Gasteiger partial charge in [0.25, 0.3) is 0 Å². The number of nitrogens with one attached hydrogen (secondary N) is 2. The summed E-state index contributed by atoms with van der Waals surface area (Å²) in [5, 5.41) is 14.8. The normalized spacial score (nSPS) is 18.2. The molecule has 0 spiro atoms. The maximum atomic E-state index is 12.1. The molecule has 1 fully saturated rings. The summed E-state index contributed by atoms with van der Waals surface area (Å²) in [6, 6.07) is 10.3. The fraction of sp³-hybridized carbons (Fsp3) is 0.611. The molecule has 1 heterocycles. The zero-order valence-corrected chi connectivity index (χ0v) is 13.9. The predicted molar refractivity (Wildman–Crippen MR) is 90.5 cm³/mol. The maximum absolute atomic E-state index is 12.1. The number of hydrogen-bond acceptors (Lipinski definition) is 3.